The first-order valence-corrected chi connectivity index (χ1v) is 12.0. The number of hydrogen-bond donors (Lipinski definition) is 1. The van der Waals surface area contributed by atoms with Crippen molar-refractivity contribution in [2.24, 2.45) is 21.1 Å². The van der Waals surface area contributed by atoms with Crippen molar-refractivity contribution in [1.29, 1.82) is 0 Å². The van der Waals surface area contributed by atoms with E-state index in [1.54, 1.807) is 35.4 Å². The first kappa shape index (κ1) is 23.6. The Bertz CT molecular complexity index is 1390. The summed E-state index contributed by atoms with van der Waals surface area (Å²) in [4.78, 5) is 24.6. The normalized spacial score (nSPS) is 12.1. The molecule has 0 fully saturated rings. The summed E-state index contributed by atoms with van der Waals surface area (Å²) in [5.41, 5.74) is 3.35. The summed E-state index contributed by atoms with van der Waals surface area (Å²) in [5, 5.41) is 12.0. The number of nitrogens with zero attached hydrogens (tertiary/aromatic N) is 5. The van der Waals surface area contributed by atoms with Gasteiger partial charge in [0, 0.05) is 26.8 Å². The monoisotopic (exact) mass is 480 g/mol. The van der Waals surface area contributed by atoms with Crippen LogP contribution in [0.15, 0.2) is 52.4 Å². The molecule has 0 unspecified atom stereocenters. The molecule has 1 atom stereocenters. The molecule has 4 aromatic rings. The van der Waals surface area contributed by atoms with Crippen LogP contribution in [0.5, 0.6) is 5.75 Å². The van der Waals surface area contributed by atoms with E-state index in [0.29, 0.717) is 16.7 Å². The van der Waals surface area contributed by atoms with Crippen LogP contribution in [0.4, 0.5) is 5.69 Å². The van der Waals surface area contributed by atoms with Crippen molar-refractivity contribution < 1.29 is 9.53 Å². The number of benzene rings is 2. The Kier molecular flexibility index (Phi) is 6.78. The van der Waals surface area contributed by atoms with Crippen molar-refractivity contribution in [1.82, 2.24) is 23.9 Å². The topological polar surface area (TPSA) is 96.0 Å². The molecule has 2 aromatic heterocycles. The molecule has 0 bridgehead atoms. The van der Waals surface area contributed by atoms with E-state index < -0.39 is 0 Å². The first-order valence-electron chi connectivity index (χ1n) is 11.0. The van der Waals surface area contributed by atoms with E-state index in [-0.39, 0.29) is 23.5 Å². The maximum atomic E-state index is 12.5. The second-order valence-electron chi connectivity index (χ2n) is 8.10. The fourth-order valence-electron chi connectivity index (χ4n) is 3.78. The lowest BCUT2D eigenvalue weighted by molar-refractivity contribution is -0.113. The number of thioether (sulfide) groups is 1. The standard InChI is InChI=1S/C24H28N6O3S/c1-6-16-7-10-18(11-8-16)33-15(2)22-26-27-23(30(22)5)34-14-21(31)25-17-9-12-19-20(13-17)29(4)24(32)28(19)3/h7-13,15H,6,14H2,1-5H3,(H,25,31)/t15-/m0/s1. The molecule has 1 amide bonds. The fourth-order valence-corrected chi connectivity index (χ4v) is 4.50. The number of nitrogens with one attached hydrogen (secondary N) is 1. The van der Waals surface area contributed by atoms with Crippen LogP contribution in [0.25, 0.3) is 11.0 Å². The Morgan fingerprint density at radius 2 is 1.74 bits per heavy atom. The Morgan fingerprint density at radius 1 is 1.03 bits per heavy atom. The molecule has 0 saturated carbocycles. The lowest BCUT2D eigenvalue weighted by atomic mass is 10.2. The van der Waals surface area contributed by atoms with Crippen LogP contribution in [0, 0.1) is 0 Å². The van der Waals surface area contributed by atoms with Crippen LogP contribution in [0.2, 0.25) is 0 Å². The summed E-state index contributed by atoms with van der Waals surface area (Å²) < 4.78 is 11.0. The lowest BCUT2D eigenvalue weighted by Crippen LogP contribution is -2.19. The maximum absolute atomic E-state index is 12.5. The van der Waals surface area contributed by atoms with Crippen LogP contribution in [0.3, 0.4) is 0 Å². The second-order valence-corrected chi connectivity index (χ2v) is 9.04. The molecule has 0 saturated heterocycles. The minimum atomic E-state index is -0.294. The third-order valence-corrected chi connectivity index (χ3v) is 6.78. The Labute approximate surface area is 201 Å². The smallest absolute Gasteiger partial charge is 0.328 e. The molecule has 10 heteroatoms. The molecule has 2 aromatic carbocycles. The van der Waals surface area contributed by atoms with Crippen LogP contribution in [-0.4, -0.2) is 35.6 Å². The van der Waals surface area contributed by atoms with Gasteiger partial charge in [0.05, 0.1) is 16.8 Å². The van der Waals surface area contributed by atoms with Gasteiger partial charge in [0.1, 0.15) is 5.75 Å². The lowest BCUT2D eigenvalue weighted by Gasteiger charge is -2.14. The van der Waals surface area contributed by atoms with Gasteiger partial charge < -0.3 is 14.6 Å². The van der Waals surface area contributed by atoms with Gasteiger partial charge in [0.2, 0.25) is 5.91 Å². The summed E-state index contributed by atoms with van der Waals surface area (Å²) in [6.45, 7) is 4.04. The van der Waals surface area contributed by atoms with Crippen molar-refractivity contribution in [2.75, 3.05) is 11.1 Å². The molecule has 4 rings (SSSR count). The van der Waals surface area contributed by atoms with Crippen LogP contribution >= 0.6 is 11.8 Å². The van der Waals surface area contributed by atoms with Crippen LogP contribution < -0.4 is 15.7 Å². The van der Waals surface area contributed by atoms with Gasteiger partial charge in [-0.15, -0.1) is 10.2 Å². The number of carbonyl (C=O) groups excluding carboxylic acids is 1. The number of aryl methyl sites for hydroxylation is 3. The predicted octanol–water partition coefficient (Wildman–Crippen LogP) is 3.44. The molecule has 9 nitrogen and oxygen atoms in total. The third kappa shape index (κ3) is 4.72. The zero-order chi connectivity index (χ0) is 24.4. The number of imidazole rings is 1. The predicted molar refractivity (Wildman–Crippen MR) is 133 cm³/mol. The van der Waals surface area contributed by atoms with E-state index >= 15 is 0 Å². The molecule has 0 aliphatic rings. The van der Waals surface area contributed by atoms with Gasteiger partial charge in [0.25, 0.3) is 0 Å². The molecule has 2 heterocycles. The first-order chi connectivity index (χ1) is 16.3. The van der Waals surface area contributed by atoms with Gasteiger partial charge in [-0.1, -0.05) is 30.8 Å². The van der Waals surface area contributed by atoms with Gasteiger partial charge in [0.15, 0.2) is 17.1 Å². The highest BCUT2D eigenvalue weighted by Gasteiger charge is 2.18. The maximum Gasteiger partial charge on any atom is 0.328 e. The zero-order valence-corrected chi connectivity index (χ0v) is 20.7. The van der Waals surface area contributed by atoms with Crippen molar-refractivity contribution in [3.05, 3.63) is 64.3 Å². The highest BCUT2D eigenvalue weighted by atomic mass is 32.2. The molecular weight excluding hydrogens is 452 g/mol. The highest BCUT2D eigenvalue weighted by Crippen LogP contribution is 2.24. The van der Waals surface area contributed by atoms with E-state index in [9.17, 15) is 9.59 Å². The number of fused-ring (bicyclic) bond motifs is 1. The van der Waals surface area contributed by atoms with Gasteiger partial charge >= 0.3 is 5.69 Å². The molecule has 0 aliphatic carbocycles. The van der Waals surface area contributed by atoms with E-state index in [4.69, 9.17) is 4.74 Å². The Morgan fingerprint density at radius 3 is 2.44 bits per heavy atom. The molecule has 34 heavy (non-hydrogen) atoms. The molecule has 1 N–H and O–H groups in total. The number of amides is 1. The highest BCUT2D eigenvalue weighted by molar-refractivity contribution is 7.99. The summed E-state index contributed by atoms with van der Waals surface area (Å²) in [6, 6.07) is 13.4. The fraction of sp³-hybridized carbons (Fsp3) is 0.333. The number of hydrogen-bond acceptors (Lipinski definition) is 6. The summed E-state index contributed by atoms with van der Waals surface area (Å²) >= 11 is 1.30. The van der Waals surface area contributed by atoms with Crippen molar-refractivity contribution >= 4 is 34.4 Å². The number of rotatable bonds is 8. The molecular formula is C24H28N6O3S. The van der Waals surface area contributed by atoms with E-state index in [1.165, 1.54) is 17.3 Å². The SMILES string of the molecule is CCc1ccc(O[C@@H](C)c2nnc(SCC(=O)Nc3ccc4c(c3)n(C)c(=O)n4C)n2C)cc1. The van der Waals surface area contributed by atoms with E-state index in [1.807, 2.05) is 48.9 Å². The molecule has 0 spiro atoms. The molecule has 0 aliphatic heterocycles. The van der Waals surface area contributed by atoms with Crippen LogP contribution in [-0.2, 0) is 32.4 Å². The average Bonchev–Trinajstić information content (AvgIpc) is 3.30. The number of ether oxygens (including phenoxy) is 1. The third-order valence-electron chi connectivity index (χ3n) is 5.76. The van der Waals surface area contributed by atoms with E-state index in [0.717, 1.165) is 23.2 Å². The minimum Gasteiger partial charge on any atom is -0.483 e. The molecule has 0 radical (unpaired) electrons. The second kappa shape index (κ2) is 9.76. The van der Waals surface area contributed by atoms with Gasteiger partial charge in [-0.3, -0.25) is 13.9 Å². The summed E-state index contributed by atoms with van der Waals surface area (Å²) in [7, 11) is 5.30. The largest absolute Gasteiger partial charge is 0.483 e. The van der Waals surface area contributed by atoms with Gasteiger partial charge in [-0.05, 0) is 49.2 Å². The van der Waals surface area contributed by atoms with Crippen molar-refractivity contribution in [3.8, 4) is 5.75 Å². The number of aromatic nitrogens is 5. The Hall–Kier alpha value is -3.53. The Balaban J connectivity index is 1.37. The van der Waals surface area contributed by atoms with Crippen LogP contribution in [0.1, 0.15) is 31.3 Å². The summed E-state index contributed by atoms with van der Waals surface area (Å²) in [5.74, 6) is 1.45. The summed E-state index contributed by atoms with van der Waals surface area (Å²) in [6.07, 6.45) is 0.686. The van der Waals surface area contributed by atoms with E-state index in [2.05, 4.69) is 22.4 Å². The number of carbonyl (C=O) groups is 1. The van der Waals surface area contributed by atoms with Crippen molar-refractivity contribution in [3.63, 3.8) is 0 Å². The minimum absolute atomic E-state index is 0.108. The average molecular weight is 481 g/mol. The quantitative estimate of drug-likeness (QED) is 0.388. The van der Waals surface area contributed by atoms with Crippen molar-refractivity contribution in [2.45, 2.75) is 31.5 Å². The zero-order valence-electron chi connectivity index (χ0n) is 19.9. The number of anilines is 1. The van der Waals surface area contributed by atoms with Gasteiger partial charge in [-0.2, -0.15) is 0 Å². The molecule has 178 valence electrons. The van der Waals surface area contributed by atoms with Gasteiger partial charge in [-0.25, -0.2) is 4.79 Å².